The van der Waals surface area contributed by atoms with Gasteiger partial charge in [0.25, 0.3) is 0 Å². The minimum atomic E-state index is -1.01. The molecule has 0 bridgehead atoms. The topological polar surface area (TPSA) is 133 Å². The van der Waals surface area contributed by atoms with Crippen molar-refractivity contribution in [3.63, 3.8) is 0 Å². The molecule has 1 aliphatic carbocycles. The zero-order valence-electron chi connectivity index (χ0n) is 19.1. The van der Waals surface area contributed by atoms with Crippen molar-refractivity contribution in [1.82, 2.24) is 15.0 Å². The van der Waals surface area contributed by atoms with Crippen LogP contribution < -0.4 is 10.6 Å². The molecular weight excluding hydrogens is 454 g/mol. The fourth-order valence-corrected chi connectivity index (χ4v) is 5.87. The molecule has 4 atom stereocenters. The maximum Gasteiger partial charge on any atom is 0.224 e. The summed E-state index contributed by atoms with van der Waals surface area (Å²) in [4.78, 5) is 14.3. The minimum Gasteiger partial charge on any atom is -0.396 e. The lowest BCUT2D eigenvalue weighted by atomic mass is 10.0. The lowest BCUT2D eigenvalue weighted by Gasteiger charge is -2.23. The third kappa shape index (κ3) is 4.73. The molecule has 0 unspecified atom stereocenters. The highest BCUT2D eigenvalue weighted by atomic mass is 32.1. The molecule has 1 saturated carbocycles. The average molecular weight is 486 g/mol. The number of para-hydroxylation sites is 1. The monoisotopic (exact) mass is 485 g/mol. The largest absolute Gasteiger partial charge is 0.396 e. The number of rotatable bonds is 7. The molecule has 1 aromatic carbocycles. The van der Waals surface area contributed by atoms with Crippen molar-refractivity contribution < 1.29 is 20.1 Å². The van der Waals surface area contributed by atoms with E-state index in [-0.39, 0.29) is 12.5 Å². The van der Waals surface area contributed by atoms with Gasteiger partial charge >= 0.3 is 0 Å². The van der Waals surface area contributed by atoms with E-state index < -0.39 is 18.2 Å². The molecule has 5 rings (SSSR count). The Labute approximate surface area is 202 Å². The Hall–Kier alpha value is -2.37. The number of benzene rings is 1. The van der Waals surface area contributed by atoms with Crippen LogP contribution in [0.5, 0.6) is 0 Å². The molecule has 1 saturated heterocycles. The van der Waals surface area contributed by atoms with E-state index in [1.807, 2.05) is 31.2 Å². The second kappa shape index (κ2) is 10.1. The van der Waals surface area contributed by atoms with Gasteiger partial charge in [-0.05, 0) is 44.2 Å². The van der Waals surface area contributed by atoms with Crippen molar-refractivity contribution in [2.24, 2.45) is 11.8 Å². The number of anilines is 2. The zero-order chi connectivity index (χ0) is 23.7. The number of nitrogens with zero attached hydrogens (tertiary/aromatic N) is 3. The third-order valence-corrected chi connectivity index (χ3v) is 7.90. The molecule has 10 heteroatoms. The normalized spacial score (nSPS) is 25.6. The molecule has 0 spiro atoms. The predicted molar refractivity (Wildman–Crippen MR) is 132 cm³/mol. The fraction of sp³-hybridized carbons (Fsp3) is 0.542. The van der Waals surface area contributed by atoms with E-state index in [2.05, 4.69) is 10.6 Å². The molecule has 0 amide bonds. The number of hydrogen-bond donors (Lipinski definition) is 5. The molecule has 182 valence electrons. The summed E-state index contributed by atoms with van der Waals surface area (Å²) >= 11 is 1.57. The molecule has 5 N–H and O–H groups in total. The highest BCUT2D eigenvalue weighted by Gasteiger charge is 2.41. The van der Waals surface area contributed by atoms with E-state index in [1.165, 1.54) is 0 Å². The lowest BCUT2D eigenvalue weighted by Crippen LogP contribution is -2.35. The van der Waals surface area contributed by atoms with Gasteiger partial charge in [0.2, 0.25) is 5.95 Å². The van der Waals surface area contributed by atoms with Crippen LogP contribution in [-0.2, 0) is 4.74 Å². The van der Waals surface area contributed by atoms with Gasteiger partial charge in [0.1, 0.15) is 16.9 Å². The lowest BCUT2D eigenvalue weighted by molar-refractivity contribution is 0.00446. The Morgan fingerprint density at radius 1 is 1.09 bits per heavy atom. The van der Waals surface area contributed by atoms with Crippen molar-refractivity contribution in [2.45, 2.75) is 44.4 Å². The molecule has 2 aliphatic rings. The SMILES string of the molecule is Cc1nc(NCC2CCOCC2)nc(N[C@@H]2C[C@H](CO)[C@@H](O)[C@H]2O)c1-c1nc2ccccc2s1. The first-order valence-electron chi connectivity index (χ1n) is 11.8. The van der Waals surface area contributed by atoms with Gasteiger partial charge in [0.15, 0.2) is 0 Å². The molecule has 3 heterocycles. The maximum absolute atomic E-state index is 10.6. The summed E-state index contributed by atoms with van der Waals surface area (Å²) in [6.45, 7) is 4.08. The van der Waals surface area contributed by atoms with E-state index in [0.29, 0.717) is 24.1 Å². The number of nitrogens with one attached hydrogen (secondary N) is 2. The van der Waals surface area contributed by atoms with Gasteiger partial charge in [-0.25, -0.2) is 9.97 Å². The number of ether oxygens (including phenoxy) is 1. The van der Waals surface area contributed by atoms with Crippen LogP contribution in [0.1, 0.15) is 25.0 Å². The summed E-state index contributed by atoms with van der Waals surface area (Å²) in [7, 11) is 0. The quantitative estimate of drug-likeness (QED) is 0.342. The van der Waals surface area contributed by atoms with Gasteiger partial charge in [-0.15, -0.1) is 11.3 Å². The Bertz CT molecular complexity index is 1100. The van der Waals surface area contributed by atoms with Crippen molar-refractivity contribution in [1.29, 1.82) is 0 Å². The number of thiazole rings is 1. The number of aromatic nitrogens is 3. The number of aryl methyl sites for hydroxylation is 1. The van der Waals surface area contributed by atoms with Crippen molar-refractivity contribution in [3.8, 4) is 10.6 Å². The van der Waals surface area contributed by atoms with Gasteiger partial charge in [0.05, 0.1) is 33.6 Å². The van der Waals surface area contributed by atoms with Gasteiger partial charge in [-0.3, -0.25) is 0 Å². The number of aliphatic hydroxyl groups excluding tert-OH is 3. The maximum atomic E-state index is 10.6. The molecule has 2 fully saturated rings. The molecule has 0 radical (unpaired) electrons. The Morgan fingerprint density at radius 2 is 1.88 bits per heavy atom. The van der Waals surface area contributed by atoms with Crippen LogP contribution in [0.4, 0.5) is 11.8 Å². The zero-order valence-corrected chi connectivity index (χ0v) is 20.0. The van der Waals surface area contributed by atoms with Crippen LogP contribution in [0.15, 0.2) is 24.3 Å². The van der Waals surface area contributed by atoms with Crippen molar-refractivity contribution in [3.05, 3.63) is 30.0 Å². The van der Waals surface area contributed by atoms with E-state index in [1.54, 1.807) is 11.3 Å². The standard InChI is InChI=1S/C24H31N5O4S/c1-13-19(23-28-16-4-2-3-5-18(16)34-23)22(27-17-10-15(12-30)20(31)21(17)32)29-24(26-13)25-11-14-6-8-33-9-7-14/h2-5,14-15,17,20-21,30-32H,6-12H2,1H3,(H2,25,26,27,29)/t15-,17-,20-,21+/m1/s1. The Morgan fingerprint density at radius 3 is 2.62 bits per heavy atom. The number of fused-ring (bicyclic) bond motifs is 1. The average Bonchev–Trinajstić information content (AvgIpc) is 3.39. The van der Waals surface area contributed by atoms with E-state index >= 15 is 0 Å². The Kier molecular flexibility index (Phi) is 6.94. The second-order valence-corrected chi connectivity index (χ2v) is 10.2. The first-order valence-corrected chi connectivity index (χ1v) is 12.6. The molecule has 1 aliphatic heterocycles. The van der Waals surface area contributed by atoms with Gasteiger partial charge in [-0.2, -0.15) is 4.98 Å². The van der Waals surface area contributed by atoms with Crippen LogP contribution in [0.3, 0.4) is 0 Å². The molecule has 3 aromatic rings. The third-order valence-electron chi connectivity index (χ3n) is 6.85. The summed E-state index contributed by atoms with van der Waals surface area (Å²) in [6.07, 6.45) is 0.466. The summed E-state index contributed by atoms with van der Waals surface area (Å²) in [5, 5.41) is 38.0. The molecular formula is C24H31N5O4S. The summed E-state index contributed by atoms with van der Waals surface area (Å²) in [5.41, 5.74) is 2.47. The summed E-state index contributed by atoms with van der Waals surface area (Å²) in [6, 6.07) is 7.51. The van der Waals surface area contributed by atoms with Crippen LogP contribution in [-0.4, -0.2) is 74.9 Å². The summed E-state index contributed by atoms with van der Waals surface area (Å²) in [5.74, 6) is 1.21. The number of aliphatic hydroxyl groups is 3. The predicted octanol–water partition coefficient (Wildman–Crippen LogP) is 2.41. The highest BCUT2D eigenvalue weighted by molar-refractivity contribution is 7.21. The van der Waals surface area contributed by atoms with Crippen LogP contribution in [0, 0.1) is 18.8 Å². The number of hydrogen-bond acceptors (Lipinski definition) is 10. The molecule has 34 heavy (non-hydrogen) atoms. The first kappa shape index (κ1) is 23.4. The van der Waals surface area contributed by atoms with Crippen molar-refractivity contribution in [2.75, 3.05) is 37.0 Å². The van der Waals surface area contributed by atoms with Gasteiger partial charge in [-0.1, -0.05) is 12.1 Å². The van der Waals surface area contributed by atoms with Crippen molar-refractivity contribution >= 4 is 33.3 Å². The van der Waals surface area contributed by atoms with Gasteiger partial charge in [0, 0.05) is 32.3 Å². The minimum absolute atomic E-state index is 0.179. The van der Waals surface area contributed by atoms with Crippen LogP contribution in [0.2, 0.25) is 0 Å². The van der Waals surface area contributed by atoms with E-state index in [4.69, 9.17) is 19.7 Å². The highest BCUT2D eigenvalue weighted by Crippen LogP contribution is 2.38. The second-order valence-electron chi connectivity index (χ2n) is 9.19. The molecule has 2 aromatic heterocycles. The van der Waals surface area contributed by atoms with Crippen LogP contribution in [0.25, 0.3) is 20.8 Å². The molecule has 9 nitrogen and oxygen atoms in total. The van der Waals surface area contributed by atoms with Crippen LogP contribution >= 0.6 is 11.3 Å². The summed E-state index contributed by atoms with van der Waals surface area (Å²) < 4.78 is 6.52. The van der Waals surface area contributed by atoms with E-state index in [9.17, 15) is 15.3 Å². The smallest absolute Gasteiger partial charge is 0.224 e. The Balaban J connectivity index is 1.47. The fourth-order valence-electron chi connectivity index (χ4n) is 4.80. The first-order chi connectivity index (χ1) is 16.5. The van der Waals surface area contributed by atoms with E-state index in [0.717, 1.165) is 59.1 Å². The van der Waals surface area contributed by atoms with Gasteiger partial charge < -0.3 is 30.7 Å².